The van der Waals surface area contributed by atoms with E-state index in [-0.39, 0.29) is 0 Å². The molecule has 0 aromatic carbocycles. The maximum atomic E-state index is 4.45. The van der Waals surface area contributed by atoms with Crippen molar-refractivity contribution in [2.24, 2.45) is 11.8 Å². The van der Waals surface area contributed by atoms with Crippen molar-refractivity contribution in [3.8, 4) is 0 Å². The Morgan fingerprint density at radius 3 is 2.29 bits per heavy atom. The van der Waals surface area contributed by atoms with Crippen LogP contribution in [0.15, 0.2) is 24.4 Å². The van der Waals surface area contributed by atoms with Crippen LogP contribution >= 0.6 is 0 Å². The molecule has 0 amide bonds. The van der Waals surface area contributed by atoms with Gasteiger partial charge in [0.05, 0.1) is 0 Å². The van der Waals surface area contributed by atoms with Gasteiger partial charge in [0, 0.05) is 17.8 Å². The number of hydrogen-bond donors (Lipinski definition) is 0. The van der Waals surface area contributed by atoms with Gasteiger partial charge in [-0.2, -0.15) is 0 Å². The SMILES string of the molecule is CC(C)CC(c1ccccn1)C(C)C. The van der Waals surface area contributed by atoms with Crippen molar-refractivity contribution in [1.82, 2.24) is 4.98 Å². The molecule has 14 heavy (non-hydrogen) atoms. The number of nitrogens with zero attached hydrogens (tertiary/aromatic N) is 1. The normalized spacial score (nSPS) is 13.6. The fourth-order valence-corrected chi connectivity index (χ4v) is 1.84. The van der Waals surface area contributed by atoms with E-state index in [2.05, 4.69) is 44.8 Å². The first-order valence-electron chi connectivity index (χ1n) is 5.52. The topological polar surface area (TPSA) is 12.9 Å². The lowest BCUT2D eigenvalue weighted by Gasteiger charge is -2.22. The Bertz CT molecular complexity index is 251. The van der Waals surface area contributed by atoms with E-state index in [4.69, 9.17) is 0 Å². The summed E-state index contributed by atoms with van der Waals surface area (Å²) in [6.45, 7) is 9.11. The van der Waals surface area contributed by atoms with Gasteiger partial charge in [0.15, 0.2) is 0 Å². The van der Waals surface area contributed by atoms with Gasteiger partial charge in [0.1, 0.15) is 0 Å². The molecule has 0 aliphatic heterocycles. The Labute approximate surface area is 87.6 Å². The molecule has 1 aromatic heterocycles. The number of aromatic nitrogens is 1. The standard InChI is InChI=1S/C13H21N/c1-10(2)9-12(11(3)4)13-7-5-6-8-14-13/h5-8,10-12H,9H2,1-4H3. The summed E-state index contributed by atoms with van der Waals surface area (Å²) >= 11 is 0. The maximum Gasteiger partial charge on any atom is 0.0437 e. The van der Waals surface area contributed by atoms with Gasteiger partial charge in [-0.15, -0.1) is 0 Å². The average molecular weight is 191 g/mol. The molecule has 1 rings (SSSR count). The zero-order valence-corrected chi connectivity index (χ0v) is 9.70. The minimum absolute atomic E-state index is 0.608. The van der Waals surface area contributed by atoms with Crippen molar-refractivity contribution >= 4 is 0 Å². The van der Waals surface area contributed by atoms with E-state index >= 15 is 0 Å². The van der Waals surface area contributed by atoms with Crippen molar-refractivity contribution in [3.63, 3.8) is 0 Å². The average Bonchev–Trinajstić information content (AvgIpc) is 2.15. The molecule has 0 bridgehead atoms. The zero-order chi connectivity index (χ0) is 10.6. The predicted molar refractivity (Wildman–Crippen MR) is 61.3 cm³/mol. The Hall–Kier alpha value is -0.850. The second kappa shape index (κ2) is 5.14. The third-order valence-electron chi connectivity index (χ3n) is 2.60. The van der Waals surface area contributed by atoms with Gasteiger partial charge >= 0.3 is 0 Å². The third-order valence-corrected chi connectivity index (χ3v) is 2.60. The molecule has 0 spiro atoms. The molecule has 1 unspecified atom stereocenters. The summed E-state index contributed by atoms with van der Waals surface area (Å²) in [7, 11) is 0. The molecule has 0 aliphatic rings. The Morgan fingerprint density at radius 2 is 1.86 bits per heavy atom. The molecule has 1 aromatic rings. The molecule has 1 heterocycles. The smallest absolute Gasteiger partial charge is 0.0437 e. The lowest BCUT2D eigenvalue weighted by Crippen LogP contribution is -2.11. The molecular weight excluding hydrogens is 170 g/mol. The Morgan fingerprint density at radius 1 is 1.14 bits per heavy atom. The van der Waals surface area contributed by atoms with Crippen molar-refractivity contribution in [3.05, 3.63) is 30.1 Å². The zero-order valence-electron chi connectivity index (χ0n) is 9.70. The molecule has 0 N–H and O–H groups in total. The highest BCUT2D eigenvalue weighted by atomic mass is 14.7. The van der Waals surface area contributed by atoms with E-state index in [1.807, 2.05) is 12.3 Å². The summed E-state index contributed by atoms with van der Waals surface area (Å²) in [6.07, 6.45) is 3.12. The summed E-state index contributed by atoms with van der Waals surface area (Å²) in [6, 6.07) is 6.21. The highest BCUT2D eigenvalue weighted by Crippen LogP contribution is 2.29. The molecule has 1 atom stereocenters. The highest BCUT2D eigenvalue weighted by Gasteiger charge is 2.17. The van der Waals surface area contributed by atoms with Crippen LogP contribution in [0.25, 0.3) is 0 Å². The molecule has 0 aliphatic carbocycles. The first kappa shape index (κ1) is 11.2. The van der Waals surface area contributed by atoms with E-state index in [1.54, 1.807) is 0 Å². The van der Waals surface area contributed by atoms with Crippen LogP contribution in [0, 0.1) is 11.8 Å². The van der Waals surface area contributed by atoms with Crippen LogP contribution in [-0.2, 0) is 0 Å². The summed E-state index contributed by atoms with van der Waals surface area (Å²) in [5.41, 5.74) is 1.25. The van der Waals surface area contributed by atoms with Crippen molar-refractivity contribution in [2.75, 3.05) is 0 Å². The third kappa shape index (κ3) is 3.13. The molecule has 78 valence electrons. The molecule has 0 saturated carbocycles. The first-order valence-corrected chi connectivity index (χ1v) is 5.52. The molecule has 1 heteroatoms. The first-order chi connectivity index (χ1) is 6.61. The van der Waals surface area contributed by atoms with Gasteiger partial charge < -0.3 is 0 Å². The quantitative estimate of drug-likeness (QED) is 0.704. The van der Waals surface area contributed by atoms with Crippen LogP contribution in [0.2, 0.25) is 0 Å². The van der Waals surface area contributed by atoms with Gasteiger partial charge in [0.2, 0.25) is 0 Å². The summed E-state index contributed by atoms with van der Waals surface area (Å²) < 4.78 is 0. The Balaban J connectivity index is 2.78. The largest absolute Gasteiger partial charge is 0.261 e. The van der Waals surface area contributed by atoms with Crippen LogP contribution in [0.3, 0.4) is 0 Å². The summed E-state index contributed by atoms with van der Waals surface area (Å²) in [4.78, 5) is 4.45. The number of pyridine rings is 1. The minimum Gasteiger partial charge on any atom is -0.261 e. The summed E-state index contributed by atoms with van der Waals surface area (Å²) in [5.74, 6) is 2.02. The summed E-state index contributed by atoms with van der Waals surface area (Å²) in [5, 5.41) is 0. The van der Waals surface area contributed by atoms with Crippen LogP contribution < -0.4 is 0 Å². The molecule has 0 radical (unpaired) electrons. The number of rotatable bonds is 4. The maximum absolute atomic E-state index is 4.45. The van der Waals surface area contributed by atoms with Gasteiger partial charge in [-0.25, -0.2) is 0 Å². The predicted octanol–water partition coefficient (Wildman–Crippen LogP) is 3.87. The van der Waals surface area contributed by atoms with Crippen LogP contribution in [0.5, 0.6) is 0 Å². The van der Waals surface area contributed by atoms with Gasteiger partial charge in [0.25, 0.3) is 0 Å². The lowest BCUT2D eigenvalue weighted by molar-refractivity contribution is 0.401. The van der Waals surface area contributed by atoms with E-state index in [9.17, 15) is 0 Å². The van der Waals surface area contributed by atoms with Crippen LogP contribution in [0.1, 0.15) is 45.7 Å². The van der Waals surface area contributed by atoms with Crippen molar-refractivity contribution < 1.29 is 0 Å². The lowest BCUT2D eigenvalue weighted by atomic mass is 9.85. The van der Waals surface area contributed by atoms with E-state index in [0.29, 0.717) is 11.8 Å². The molecule has 0 fully saturated rings. The Kier molecular flexibility index (Phi) is 4.12. The van der Waals surface area contributed by atoms with E-state index in [1.165, 1.54) is 12.1 Å². The second-order valence-corrected chi connectivity index (χ2v) is 4.73. The van der Waals surface area contributed by atoms with Crippen molar-refractivity contribution in [1.29, 1.82) is 0 Å². The molecule has 1 nitrogen and oxygen atoms in total. The molecule has 0 saturated heterocycles. The van der Waals surface area contributed by atoms with Gasteiger partial charge in [-0.05, 0) is 30.4 Å². The van der Waals surface area contributed by atoms with Crippen LogP contribution in [-0.4, -0.2) is 4.98 Å². The van der Waals surface area contributed by atoms with E-state index < -0.39 is 0 Å². The number of hydrogen-bond acceptors (Lipinski definition) is 1. The van der Waals surface area contributed by atoms with E-state index in [0.717, 1.165) is 5.92 Å². The van der Waals surface area contributed by atoms with Crippen molar-refractivity contribution in [2.45, 2.75) is 40.0 Å². The fraction of sp³-hybridized carbons (Fsp3) is 0.615. The minimum atomic E-state index is 0.608. The van der Waals surface area contributed by atoms with Gasteiger partial charge in [-0.3, -0.25) is 4.98 Å². The second-order valence-electron chi connectivity index (χ2n) is 4.73. The van der Waals surface area contributed by atoms with Gasteiger partial charge in [-0.1, -0.05) is 33.8 Å². The fourth-order valence-electron chi connectivity index (χ4n) is 1.84. The van der Waals surface area contributed by atoms with Crippen LogP contribution in [0.4, 0.5) is 0 Å². The highest BCUT2D eigenvalue weighted by molar-refractivity contribution is 5.10. The molecular formula is C13H21N. The monoisotopic (exact) mass is 191 g/mol.